The molecule has 5 nitrogen and oxygen atoms in total. The second-order valence-electron chi connectivity index (χ2n) is 5.43. The van der Waals surface area contributed by atoms with E-state index >= 15 is 0 Å². The van der Waals surface area contributed by atoms with Crippen LogP contribution in [0.25, 0.3) is 0 Å². The number of carbonyl (C=O) groups is 2. The molecular weight excluding hydrogens is 327 g/mol. The molecule has 1 aromatic rings. The zero-order chi connectivity index (χ0) is 16.3. The van der Waals surface area contributed by atoms with Crippen LogP contribution in [-0.2, 0) is 10.3 Å². The number of carbonyl (C=O) groups excluding carboxylic acids is 2. The van der Waals surface area contributed by atoms with Crippen LogP contribution in [-0.4, -0.2) is 35.1 Å². The Bertz CT molecular complexity index is 594. The van der Waals surface area contributed by atoms with E-state index in [1.54, 1.807) is 25.1 Å². The molecule has 3 amide bonds. The van der Waals surface area contributed by atoms with Crippen molar-refractivity contribution < 1.29 is 14.7 Å². The van der Waals surface area contributed by atoms with Crippen LogP contribution < -0.4 is 5.32 Å². The van der Waals surface area contributed by atoms with E-state index in [2.05, 4.69) is 5.32 Å². The number of hydrogen-bond donors (Lipinski definition) is 2. The number of aliphatic hydroxyl groups excluding tert-OH is 1. The Morgan fingerprint density at radius 2 is 1.91 bits per heavy atom. The van der Waals surface area contributed by atoms with Gasteiger partial charge in [-0.3, -0.25) is 9.69 Å². The van der Waals surface area contributed by atoms with Crippen molar-refractivity contribution in [2.24, 2.45) is 0 Å². The van der Waals surface area contributed by atoms with Crippen molar-refractivity contribution in [2.75, 3.05) is 13.2 Å². The van der Waals surface area contributed by atoms with Gasteiger partial charge in [-0.1, -0.05) is 29.3 Å². The van der Waals surface area contributed by atoms with Gasteiger partial charge >= 0.3 is 6.03 Å². The zero-order valence-corrected chi connectivity index (χ0v) is 13.7. The van der Waals surface area contributed by atoms with Crippen LogP contribution in [0.15, 0.2) is 18.2 Å². The van der Waals surface area contributed by atoms with Crippen molar-refractivity contribution >= 4 is 35.1 Å². The van der Waals surface area contributed by atoms with Crippen molar-refractivity contribution in [2.45, 2.75) is 31.7 Å². The van der Waals surface area contributed by atoms with Crippen LogP contribution in [0, 0.1) is 0 Å². The van der Waals surface area contributed by atoms with Gasteiger partial charge < -0.3 is 10.4 Å². The van der Waals surface area contributed by atoms with Crippen LogP contribution in [0.4, 0.5) is 4.79 Å². The highest BCUT2D eigenvalue weighted by Gasteiger charge is 2.48. The molecule has 2 N–H and O–H groups in total. The molecule has 0 bridgehead atoms. The molecule has 0 radical (unpaired) electrons. The molecule has 1 heterocycles. The second kappa shape index (κ2) is 6.86. The van der Waals surface area contributed by atoms with Gasteiger partial charge in [0, 0.05) is 13.2 Å². The first kappa shape index (κ1) is 17.1. The van der Waals surface area contributed by atoms with E-state index < -0.39 is 11.6 Å². The van der Waals surface area contributed by atoms with Crippen molar-refractivity contribution in [3.05, 3.63) is 33.8 Å². The number of nitrogens with zero attached hydrogens (tertiary/aromatic N) is 1. The number of halogens is 2. The molecule has 0 aromatic heterocycles. The highest BCUT2D eigenvalue weighted by molar-refractivity contribution is 6.42. The van der Waals surface area contributed by atoms with E-state index in [1.807, 2.05) is 0 Å². The summed E-state index contributed by atoms with van der Waals surface area (Å²) < 4.78 is 0. The fourth-order valence-electron chi connectivity index (χ4n) is 2.46. The van der Waals surface area contributed by atoms with Crippen molar-refractivity contribution in [1.82, 2.24) is 10.2 Å². The molecular formula is C15H18Cl2N2O3. The van der Waals surface area contributed by atoms with Gasteiger partial charge in [0.2, 0.25) is 0 Å². The van der Waals surface area contributed by atoms with Crippen molar-refractivity contribution in [3.8, 4) is 0 Å². The summed E-state index contributed by atoms with van der Waals surface area (Å²) >= 11 is 11.9. The number of hydrogen-bond acceptors (Lipinski definition) is 3. The first-order valence-electron chi connectivity index (χ1n) is 7.10. The summed E-state index contributed by atoms with van der Waals surface area (Å²) in [4.78, 5) is 25.9. The minimum atomic E-state index is -1.14. The van der Waals surface area contributed by atoms with Gasteiger partial charge in [-0.05, 0) is 43.9 Å². The Morgan fingerprint density at radius 3 is 2.55 bits per heavy atom. The third kappa shape index (κ3) is 3.21. The molecule has 1 aliphatic rings. The molecule has 1 atom stereocenters. The number of amides is 3. The van der Waals surface area contributed by atoms with E-state index in [9.17, 15) is 9.59 Å². The first-order chi connectivity index (χ1) is 10.4. The zero-order valence-electron chi connectivity index (χ0n) is 12.2. The van der Waals surface area contributed by atoms with Gasteiger partial charge in [0.05, 0.1) is 10.0 Å². The maximum absolute atomic E-state index is 12.6. The highest BCUT2D eigenvalue weighted by Crippen LogP contribution is 2.33. The van der Waals surface area contributed by atoms with Crippen LogP contribution in [0.3, 0.4) is 0 Å². The van der Waals surface area contributed by atoms with Gasteiger partial charge in [-0.25, -0.2) is 4.79 Å². The summed E-state index contributed by atoms with van der Waals surface area (Å²) in [6.07, 6.45) is 2.09. The number of imide groups is 1. The Balaban J connectivity index is 2.16. The topological polar surface area (TPSA) is 69.6 Å². The van der Waals surface area contributed by atoms with E-state index in [4.69, 9.17) is 28.3 Å². The summed E-state index contributed by atoms with van der Waals surface area (Å²) in [6.45, 7) is 2.10. The third-order valence-corrected chi connectivity index (χ3v) is 4.55. The molecule has 7 heteroatoms. The Morgan fingerprint density at radius 1 is 1.18 bits per heavy atom. The molecule has 1 aromatic carbocycles. The normalized spacial score (nSPS) is 21.4. The first-order valence-corrected chi connectivity index (χ1v) is 7.86. The molecule has 1 fully saturated rings. The van der Waals surface area contributed by atoms with Gasteiger partial charge in [-0.2, -0.15) is 0 Å². The molecule has 2 rings (SSSR count). The third-order valence-electron chi connectivity index (χ3n) is 3.81. The fourth-order valence-corrected chi connectivity index (χ4v) is 2.76. The molecule has 0 spiro atoms. The van der Waals surface area contributed by atoms with Gasteiger partial charge in [0.1, 0.15) is 5.54 Å². The van der Waals surface area contributed by atoms with E-state index in [1.165, 1.54) is 4.90 Å². The number of rotatable bonds is 6. The summed E-state index contributed by atoms with van der Waals surface area (Å²) in [5, 5.41) is 12.2. The average molecular weight is 345 g/mol. The molecule has 0 saturated carbocycles. The van der Waals surface area contributed by atoms with Crippen LogP contribution in [0.5, 0.6) is 0 Å². The lowest BCUT2D eigenvalue weighted by molar-refractivity contribution is -0.131. The van der Waals surface area contributed by atoms with Gasteiger partial charge in [0.25, 0.3) is 5.91 Å². The number of aliphatic hydroxyl groups is 1. The summed E-state index contributed by atoms with van der Waals surface area (Å²) in [5.74, 6) is -0.306. The fraction of sp³-hybridized carbons (Fsp3) is 0.467. The Labute approximate surface area is 139 Å². The van der Waals surface area contributed by atoms with Crippen LogP contribution >= 0.6 is 23.2 Å². The van der Waals surface area contributed by atoms with E-state index in [0.717, 1.165) is 6.42 Å². The minimum Gasteiger partial charge on any atom is -0.396 e. The molecule has 1 unspecified atom stereocenters. The molecule has 1 aliphatic heterocycles. The number of benzene rings is 1. The monoisotopic (exact) mass is 344 g/mol. The molecule has 1 saturated heterocycles. The minimum absolute atomic E-state index is 0.112. The Kier molecular flexibility index (Phi) is 5.32. The van der Waals surface area contributed by atoms with Crippen LogP contribution in [0.2, 0.25) is 10.0 Å². The largest absolute Gasteiger partial charge is 0.396 e. The average Bonchev–Trinajstić information content (AvgIpc) is 2.70. The predicted molar refractivity (Wildman–Crippen MR) is 85.0 cm³/mol. The maximum atomic E-state index is 12.6. The lowest BCUT2D eigenvalue weighted by Crippen LogP contribution is -2.41. The Hall–Kier alpha value is -1.30. The molecule has 22 heavy (non-hydrogen) atoms. The second-order valence-corrected chi connectivity index (χ2v) is 6.24. The maximum Gasteiger partial charge on any atom is 0.325 e. The summed E-state index contributed by atoms with van der Waals surface area (Å²) in [5.41, 5.74) is -0.541. The lowest BCUT2D eigenvalue weighted by atomic mass is 9.92. The van der Waals surface area contributed by atoms with Crippen molar-refractivity contribution in [3.63, 3.8) is 0 Å². The number of urea groups is 1. The number of nitrogens with one attached hydrogen (secondary N) is 1. The summed E-state index contributed by atoms with van der Waals surface area (Å²) in [6, 6.07) is 4.47. The standard InChI is InChI=1S/C15H18Cl2N2O3/c1-15(10-5-6-11(16)12(17)9-10)13(21)19(14(22)18-15)7-3-2-4-8-20/h5-6,9,20H,2-4,7-8H2,1H3,(H,18,22). The summed E-state index contributed by atoms with van der Waals surface area (Å²) in [7, 11) is 0. The smallest absolute Gasteiger partial charge is 0.325 e. The quantitative estimate of drug-likeness (QED) is 0.615. The van der Waals surface area contributed by atoms with E-state index in [-0.39, 0.29) is 12.5 Å². The lowest BCUT2D eigenvalue weighted by Gasteiger charge is -2.22. The van der Waals surface area contributed by atoms with Gasteiger partial charge in [-0.15, -0.1) is 0 Å². The van der Waals surface area contributed by atoms with Crippen molar-refractivity contribution in [1.29, 1.82) is 0 Å². The predicted octanol–water partition coefficient (Wildman–Crippen LogP) is 2.92. The number of unbranched alkanes of at least 4 members (excludes halogenated alkanes) is 2. The van der Waals surface area contributed by atoms with Gasteiger partial charge in [0.15, 0.2) is 0 Å². The molecule has 120 valence electrons. The highest BCUT2D eigenvalue weighted by atomic mass is 35.5. The van der Waals surface area contributed by atoms with E-state index in [0.29, 0.717) is 35.0 Å². The molecule has 0 aliphatic carbocycles. The SMILES string of the molecule is CC1(c2ccc(Cl)c(Cl)c2)NC(=O)N(CCCCCO)C1=O. The van der Waals surface area contributed by atoms with Crippen LogP contribution in [0.1, 0.15) is 31.7 Å².